The number of halogens is 1. The van der Waals surface area contributed by atoms with Crippen LogP contribution in [0.5, 0.6) is 5.75 Å². The highest BCUT2D eigenvalue weighted by Crippen LogP contribution is 2.18. The Hall–Kier alpha value is -1.82. The molecule has 0 aliphatic carbocycles. The molecule has 2 unspecified atom stereocenters. The first-order chi connectivity index (χ1) is 9.47. The number of urea groups is 1. The maximum absolute atomic E-state index is 13.1. The smallest absolute Gasteiger partial charge is 0.317 e. The number of phenolic OH excluding ortho intramolecular Hbond substituents is 1. The van der Waals surface area contributed by atoms with Gasteiger partial charge in [0, 0.05) is 19.6 Å². The molecule has 1 aliphatic rings. The summed E-state index contributed by atoms with van der Waals surface area (Å²) < 4.78 is 13.1. The number of β-amino-alcohol motifs (C(OH)–C–C–N with tert-alkyl or cyclic N) is 1. The first-order valence-corrected chi connectivity index (χ1v) is 6.65. The summed E-state index contributed by atoms with van der Waals surface area (Å²) in [5.41, 5.74) is 0.569. The molecule has 1 heterocycles. The summed E-state index contributed by atoms with van der Waals surface area (Å²) >= 11 is 0. The molecule has 1 aromatic carbocycles. The molecule has 2 amide bonds. The number of amides is 2. The Labute approximate surface area is 117 Å². The Morgan fingerprint density at radius 1 is 1.55 bits per heavy atom. The van der Waals surface area contributed by atoms with Crippen molar-refractivity contribution in [3.05, 3.63) is 29.6 Å². The zero-order valence-electron chi connectivity index (χ0n) is 11.3. The number of nitrogens with zero attached hydrogens (tertiary/aromatic N) is 1. The number of benzene rings is 1. The highest BCUT2D eigenvalue weighted by Gasteiger charge is 2.27. The maximum Gasteiger partial charge on any atom is 0.317 e. The molecule has 110 valence electrons. The number of rotatable bonds is 2. The number of carbonyl (C=O) groups excluding carboxylic acids is 1. The predicted octanol–water partition coefficient (Wildman–Crippen LogP) is 1.44. The van der Waals surface area contributed by atoms with Crippen LogP contribution in [0.4, 0.5) is 9.18 Å². The van der Waals surface area contributed by atoms with Crippen molar-refractivity contribution in [2.75, 3.05) is 13.1 Å². The lowest BCUT2D eigenvalue weighted by Gasteiger charge is -2.34. The zero-order chi connectivity index (χ0) is 14.7. The summed E-state index contributed by atoms with van der Waals surface area (Å²) in [7, 11) is 0. The molecular formula is C14H19FN2O3. The molecule has 0 radical (unpaired) electrons. The molecule has 2 rings (SSSR count). The minimum atomic E-state index is -0.709. The number of aliphatic hydroxyl groups excluding tert-OH is 1. The van der Waals surface area contributed by atoms with Crippen LogP contribution in [0.3, 0.4) is 0 Å². The highest BCUT2D eigenvalue weighted by atomic mass is 19.1. The van der Waals surface area contributed by atoms with Crippen LogP contribution in [0, 0.1) is 11.7 Å². The van der Waals surface area contributed by atoms with Gasteiger partial charge in [0.15, 0.2) is 11.6 Å². The molecule has 1 aliphatic heterocycles. The van der Waals surface area contributed by atoms with Gasteiger partial charge in [-0.05, 0) is 30.0 Å². The molecule has 0 bridgehead atoms. The number of hydrogen-bond donors (Lipinski definition) is 3. The molecule has 3 N–H and O–H groups in total. The fourth-order valence-electron chi connectivity index (χ4n) is 2.18. The van der Waals surface area contributed by atoms with Crippen molar-refractivity contribution in [3.8, 4) is 5.75 Å². The van der Waals surface area contributed by atoms with Gasteiger partial charge in [0.05, 0.1) is 6.10 Å². The van der Waals surface area contributed by atoms with E-state index < -0.39 is 17.7 Å². The van der Waals surface area contributed by atoms with Crippen LogP contribution < -0.4 is 5.32 Å². The topological polar surface area (TPSA) is 72.8 Å². The van der Waals surface area contributed by atoms with Crippen molar-refractivity contribution in [2.45, 2.75) is 26.0 Å². The first-order valence-electron chi connectivity index (χ1n) is 6.65. The summed E-state index contributed by atoms with van der Waals surface area (Å²) in [6.45, 7) is 3.06. The Balaban J connectivity index is 1.87. The summed E-state index contributed by atoms with van der Waals surface area (Å²) in [6, 6.07) is 3.71. The number of carbonyl (C=O) groups is 1. The van der Waals surface area contributed by atoms with Crippen LogP contribution in [0.2, 0.25) is 0 Å². The van der Waals surface area contributed by atoms with E-state index in [2.05, 4.69) is 5.32 Å². The fraction of sp³-hybridized carbons (Fsp3) is 0.500. The second-order valence-corrected chi connectivity index (χ2v) is 5.22. The summed E-state index contributed by atoms with van der Waals surface area (Å²) in [5, 5.41) is 21.5. The molecule has 1 saturated heterocycles. The van der Waals surface area contributed by atoms with Gasteiger partial charge in [-0.2, -0.15) is 0 Å². The van der Waals surface area contributed by atoms with E-state index in [-0.39, 0.29) is 18.5 Å². The molecular weight excluding hydrogens is 263 g/mol. The van der Waals surface area contributed by atoms with Crippen molar-refractivity contribution >= 4 is 6.03 Å². The van der Waals surface area contributed by atoms with E-state index in [1.807, 2.05) is 6.92 Å². The Morgan fingerprint density at radius 2 is 2.30 bits per heavy atom. The van der Waals surface area contributed by atoms with Crippen LogP contribution in [-0.2, 0) is 6.54 Å². The predicted molar refractivity (Wildman–Crippen MR) is 71.7 cm³/mol. The third kappa shape index (κ3) is 3.39. The van der Waals surface area contributed by atoms with Gasteiger partial charge in [0.1, 0.15) is 0 Å². The van der Waals surface area contributed by atoms with E-state index in [0.717, 1.165) is 6.42 Å². The molecule has 0 saturated carbocycles. The molecule has 6 heteroatoms. The molecule has 0 spiro atoms. The molecule has 1 fully saturated rings. The van der Waals surface area contributed by atoms with Gasteiger partial charge in [0.2, 0.25) is 0 Å². The second-order valence-electron chi connectivity index (χ2n) is 5.22. The van der Waals surface area contributed by atoms with Gasteiger partial charge < -0.3 is 20.4 Å². The largest absolute Gasteiger partial charge is 0.505 e. The normalized spacial score (nSPS) is 22.6. The van der Waals surface area contributed by atoms with Crippen LogP contribution in [0.1, 0.15) is 18.9 Å². The van der Waals surface area contributed by atoms with Gasteiger partial charge in [0.25, 0.3) is 0 Å². The number of likely N-dealkylation sites (tertiary alicyclic amines) is 1. The van der Waals surface area contributed by atoms with Crippen molar-refractivity contribution in [3.63, 3.8) is 0 Å². The number of nitrogens with one attached hydrogen (secondary N) is 1. The van der Waals surface area contributed by atoms with E-state index in [0.29, 0.717) is 18.7 Å². The summed E-state index contributed by atoms with van der Waals surface area (Å²) in [6.07, 6.45) is 0.267. The molecule has 0 aromatic heterocycles. The van der Waals surface area contributed by atoms with Crippen LogP contribution in [0.25, 0.3) is 0 Å². The van der Waals surface area contributed by atoms with Crippen molar-refractivity contribution in [1.29, 1.82) is 0 Å². The minimum Gasteiger partial charge on any atom is -0.505 e. The lowest BCUT2D eigenvalue weighted by molar-refractivity contribution is 0.0435. The van der Waals surface area contributed by atoms with Crippen LogP contribution in [0.15, 0.2) is 18.2 Å². The van der Waals surface area contributed by atoms with E-state index in [4.69, 9.17) is 5.11 Å². The number of phenols is 1. The standard InChI is InChI=1S/C14H19FN2O3/c1-9-4-5-17(8-13(9)19)14(20)16-7-10-2-3-12(18)11(15)6-10/h2-3,6,9,13,18-19H,4-5,7-8H2,1H3,(H,16,20). The third-order valence-corrected chi connectivity index (χ3v) is 3.66. The molecule has 5 nitrogen and oxygen atoms in total. The Bertz CT molecular complexity index is 495. The third-order valence-electron chi connectivity index (χ3n) is 3.66. The number of hydrogen-bond acceptors (Lipinski definition) is 3. The number of aliphatic hydroxyl groups is 1. The molecule has 1 aromatic rings. The Morgan fingerprint density at radius 3 is 2.95 bits per heavy atom. The quantitative estimate of drug-likeness (QED) is 0.768. The summed E-state index contributed by atoms with van der Waals surface area (Å²) in [4.78, 5) is 13.5. The minimum absolute atomic E-state index is 0.179. The molecule has 20 heavy (non-hydrogen) atoms. The second kappa shape index (κ2) is 6.09. The average Bonchev–Trinajstić information content (AvgIpc) is 2.43. The lowest BCUT2D eigenvalue weighted by atomic mass is 9.96. The Kier molecular flexibility index (Phi) is 4.44. The zero-order valence-corrected chi connectivity index (χ0v) is 11.3. The average molecular weight is 282 g/mol. The number of piperidine rings is 1. The van der Waals surface area contributed by atoms with E-state index in [1.54, 1.807) is 11.0 Å². The highest BCUT2D eigenvalue weighted by molar-refractivity contribution is 5.74. The van der Waals surface area contributed by atoms with Crippen molar-refractivity contribution in [2.24, 2.45) is 5.92 Å². The SMILES string of the molecule is CC1CCN(C(=O)NCc2ccc(O)c(F)c2)CC1O. The van der Waals surface area contributed by atoms with E-state index >= 15 is 0 Å². The summed E-state index contributed by atoms with van der Waals surface area (Å²) in [5.74, 6) is -0.919. The van der Waals surface area contributed by atoms with Gasteiger partial charge in [-0.1, -0.05) is 13.0 Å². The van der Waals surface area contributed by atoms with Crippen molar-refractivity contribution < 1.29 is 19.4 Å². The monoisotopic (exact) mass is 282 g/mol. The molecule has 2 atom stereocenters. The lowest BCUT2D eigenvalue weighted by Crippen LogP contribution is -2.49. The van der Waals surface area contributed by atoms with Gasteiger partial charge in [-0.15, -0.1) is 0 Å². The number of aromatic hydroxyl groups is 1. The van der Waals surface area contributed by atoms with Gasteiger partial charge >= 0.3 is 6.03 Å². The first kappa shape index (κ1) is 14.6. The van der Waals surface area contributed by atoms with Gasteiger partial charge in [-0.25, -0.2) is 9.18 Å². The van der Waals surface area contributed by atoms with Crippen LogP contribution >= 0.6 is 0 Å². The van der Waals surface area contributed by atoms with Crippen LogP contribution in [-0.4, -0.2) is 40.3 Å². The van der Waals surface area contributed by atoms with E-state index in [9.17, 15) is 14.3 Å². The fourth-order valence-corrected chi connectivity index (χ4v) is 2.18. The van der Waals surface area contributed by atoms with Gasteiger partial charge in [-0.3, -0.25) is 0 Å². The van der Waals surface area contributed by atoms with Crippen molar-refractivity contribution in [1.82, 2.24) is 10.2 Å². The van der Waals surface area contributed by atoms with E-state index in [1.165, 1.54) is 12.1 Å². The maximum atomic E-state index is 13.1.